The molecule has 2 atom stereocenters. The van der Waals surface area contributed by atoms with Crippen molar-refractivity contribution in [1.29, 1.82) is 0 Å². The lowest BCUT2D eigenvalue weighted by molar-refractivity contribution is -0.129. The second-order valence-electron chi connectivity index (χ2n) is 7.35. The number of halogens is 1. The molecule has 2 fully saturated rings. The third-order valence-corrected chi connectivity index (χ3v) is 5.53. The molecule has 1 heterocycles. The van der Waals surface area contributed by atoms with Crippen LogP contribution in [-0.4, -0.2) is 29.8 Å². The van der Waals surface area contributed by atoms with Gasteiger partial charge in [0.1, 0.15) is 5.82 Å². The van der Waals surface area contributed by atoms with Crippen LogP contribution >= 0.6 is 0 Å². The Hall–Kier alpha value is -2.69. The van der Waals surface area contributed by atoms with Crippen molar-refractivity contribution in [2.45, 2.75) is 19.3 Å². The highest BCUT2D eigenvalue weighted by Crippen LogP contribution is 2.58. The fourth-order valence-electron chi connectivity index (χ4n) is 3.96. The molecule has 0 aromatic heterocycles. The zero-order valence-corrected chi connectivity index (χ0v) is 14.5. The normalized spacial score (nSPS) is 23.9. The first kappa shape index (κ1) is 16.8. The number of carbonyl (C=O) groups is 2. The van der Waals surface area contributed by atoms with Gasteiger partial charge in [-0.3, -0.25) is 9.59 Å². The summed E-state index contributed by atoms with van der Waals surface area (Å²) in [6, 6.07) is 15.6. The maximum atomic E-state index is 13.3. The van der Waals surface area contributed by atoms with E-state index in [-0.39, 0.29) is 29.0 Å². The minimum Gasteiger partial charge on any atom is -0.342 e. The number of nitrogens with one attached hydrogen (secondary N) is 1. The lowest BCUT2D eigenvalue weighted by atomic mass is 10.0. The fourth-order valence-corrected chi connectivity index (χ4v) is 3.96. The summed E-state index contributed by atoms with van der Waals surface area (Å²) in [5.74, 6) is -0.427. The highest BCUT2D eigenvalue weighted by Gasteiger charge is 2.61. The van der Waals surface area contributed by atoms with Crippen LogP contribution in [0.2, 0.25) is 0 Å². The van der Waals surface area contributed by atoms with Gasteiger partial charge in [0.05, 0.1) is 6.42 Å². The lowest BCUT2D eigenvalue weighted by Crippen LogP contribution is -2.31. The second kappa shape index (κ2) is 6.56. The molecule has 2 aliphatic rings. The van der Waals surface area contributed by atoms with Gasteiger partial charge in [0.15, 0.2) is 0 Å². The SMILES string of the molecule is O=C(Nc1cccc(F)c1)[C@@H]1C[C@@]12CCN(C(=O)Cc1ccccc1)C2. The molecule has 1 saturated carbocycles. The Labute approximate surface area is 152 Å². The third-order valence-electron chi connectivity index (χ3n) is 5.53. The zero-order valence-electron chi connectivity index (χ0n) is 14.5. The van der Waals surface area contributed by atoms with Crippen LogP contribution in [0.15, 0.2) is 54.6 Å². The molecule has 0 radical (unpaired) electrons. The molecule has 2 amide bonds. The first-order valence-corrected chi connectivity index (χ1v) is 8.94. The third kappa shape index (κ3) is 3.34. The van der Waals surface area contributed by atoms with E-state index in [4.69, 9.17) is 0 Å². The van der Waals surface area contributed by atoms with Gasteiger partial charge in [-0.1, -0.05) is 36.4 Å². The molecule has 2 aromatic rings. The molecular formula is C21H21FN2O2. The van der Waals surface area contributed by atoms with Crippen LogP contribution in [0, 0.1) is 17.2 Å². The van der Waals surface area contributed by atoms with Crippen LogP contribution in [0.3, 0.4) is 0 Å². The second-order valence-corrected chi connectivity index (χ2v) is 7.35. The van der Waals surface area contributed by atoms with E-state index >= 15 is 0 Å². The van der Waals surface area contributed by atoms with Gasteiger partial charge in [-0.25, -0.2) is 4.39 Å². The number of hydrogen-bond donors (Lipinski definition) is 1. The number of rotatable bonds is 4. The minimum atomic E-state index is -0.369. The van der Waals surface area contributed by atoms with Crippen LogP contribution < -0.4 is 5.32 Å². The summed E-state index contributed by atoms with van der Waals surface area (Å²) in [5.41, 5.74) is 1.39. The number of amides is 2. The lowest BCUT2D eigenvalue weighted by Gasteiger charge is -2.17. The van der Waals surface area contributed by atoms with Crippen molar-refractivity contribution in [3.63, 3.8) is 0 Å². The molecule has 1 aliphatic carbocycles. The van der Waals surface area contributed by atoms with Gasteiger partial charge in [-0.2, -0.15) is 0 Å². The monoisotopic (exact) mass is 352 g/mol. The molecule has 1 saturated heterocycles. The van der Waals surface area contributed by atoms with Crippen molar-refractivity contribution < 1.29 is 14.0 Å². The van der Waals surface area contributed by atoms with Crippen LogP contribution in [0.5, 0.6) is 0 Å². The van der Waals surface area contributed by atoms with E-state index in [1.807, 2.05) is 35.2 Å². The van der Waals surface area contributed by atoms with Gasteiger partial charge in [-0.05, 0) is 36.6 Å². The van der Waals surface area contributed by atoms with E-state index in [1.165, 1.54) is 12.1 Å². The average molecular weight is 352 g/mol. The zero-order chi connectivity index (χ0) is 18.1. The summed E-state index contributed by atoms with van der Waals surface area (Å²) in [7, 11) is 0. The topological polar surface area (TPSA) is 49.4 Å². The number of anilines is 1. The van der Waals surface area contributed by atoms with Crippen molar-refractivity contribution in [2.75, 3.05) is 18.4 Å². The van der Waals surface area contributed by atoms with E-state index in [9.17, 15) is 14.0 Å². The van der Waals surface area contributed by atoms with Crippen molar-refractivity contribution >= 4 is 17.5 Å². The van der Waals surface area contributed by atoms with E-state index in [0.717, 1.165) is 18.4 Å². The maximum absolute atomic E-state index is 13.3. The Bertz CT molecular complexity index is 839. The molecule has 4 rings (SSSR count). The van der Waals surface area contributed by atoms with Gasteiger partial charge in [0, 0.05) is 30.1 Å². The van der Waals surface area contributed by atoms with Crippen LogP contribution in [0.4, 0.5) is 10.1 Å². The Morgan fingerprint density at radius 1 is 1.15 bits per heavy atom. The summed E-state index contributed by atoms with van der Waals surface area (Å²) in [6.07, 6.45) is 2.05. The van der Waals surface area contributed by atoms with E-state index in [2.05, 4.69) is 5.32 Å². The smallest absolute Gasteiger partial charge is 0.228 e. The van der Waals surface area contributed by atoms with Crippen LogP contribution in [0.1, 0.15) is 18.4 Å². The molecule has 0 unspecified atom stereocenters. The van der Waals surface area contributed by atoms with E-state index < -0.39 is 0 Å². The molecule has 1 aliphatic heterocycles. The molecule has 5 heteroatoms. The predicted molar refractivity (Wildman–Crippen MR) is 96.9 cm³/mol. The number of benzene rings is 2. The summed E-state index contributed by atoms with van der Waals surface area (Å²) in [6.45, 7) is 1.34. The van der Waals surface area contributed by atoms with Crippen molar-refractivity contribution in [2.24, 2.45) is 11.3 Å². The van der Waals surface area contributed by atoms with Gasteiger partial charge in [-0.15, -0.1) is 0 Å². The molecular weight excluding hydrogens is 331 g/mol. The summed E-state index contributed by atoms with van der Waals surface area (Å²) < 4.78 is 13.3. The van der Waals surface area contributed by atoms with Gasteiger partial charge >= 0.3 is 0 Å². The average Bonchev–Trinajstić information content (AvgIpc) is 3.16. The Balaban J connectivity index is 1.34. The Morgan fingerprint density at radius 2 is 1.96 bits per heavy atom. The maximum Gasteiger partial charge on any atom is 0.228 e. The fraction of sp³-hybridized carbons (Fsp3) is 0.333. The molecule has 2 aromatic carbocycles. The molecule has 26 heavy (non-hydrogen) atoms. The van der Waals surface area contributed by atoms with E-state index in [0.29, 0.717) is 25.2 Å². The number of nitrogens with zero attached hydrogens (tertiary/aromatic N) is 1. The standard InChI is InChI=1S/C21H21FN2O2/c22-16-7-4-8-17(12-16)23-20(26)18-13-21(18)9-10-24(14-21)19(25)11-15-5-2-1-3-6-15/h1-8,12,18H,9-11,13-14H2,(H,23,26)/t18-,21+/m0/s1. The van der Waals surface area contributed by atoms with Crippen molar-refractivity contribution in [3.8, 4) is 0 Å². The predicted octanol–water partition coefficient (Wildman–Crippen LogP) is 3.25. The Morgan fingerprint density at radius 3 is 2.73 bits per heavy atom. The number of carbonyl (C=O) groups excluding carboxylic acids is 2. The number of likely N-dealkylation sites (tertiary alicyclic amines) is 1. The molecule has 134 valence electrons. The van der Waals surface area contributed by atoms with Gasteiger partial charge in [0.25, 0.3) is 0 Å². The molecule has 4 nitrogen and oxygen atoms in total. The molecule has 1 N–H and O–H groups in total. The first-order valence-electron chi connectivity index (χ1n) is 8.94. The van der Waals surface area contributed by atoms with Crippen molar-refractivity contribution in [3.05, 3.63) is 66.0 Å². The summed E-state index contributed by atoms with van der Waals surface area (Å²) in [5, 5.41) is 2.80. The highest BCUT2D eigenvalue weighted by molar-refractivity contribution is 5.95. The van der Waals surface area contributed by atoms with E-state index in [1.54, 1.807) is 12.1 Å². The highest BCUT2D eigenvalue weighted by atomic mass is 19.1. The Kier molecular flexibility index (Phi) is 4.23. The van der Waals surface area contributed by atoms with Crippen molar-refractivity contribution in [1.82, 2.24) is 4.90 Å². The summed E-state index contributed by atoms with van der Waals surface area (Å²) in [4.78, 5) is 26.9. The minimum absolute atomic E-state index is 0.0760. The molecule has 1 spiro atoms. The summed E-state index contributed by atoms with van der Waals surface area (Å²) >= 11 is 0. The first-order chi connectivity index (χ1) is 12.6. The van der Waals surface area contributed by atoms with Gasteiger partial charge in [0.2, 0.25) is 11.8 Å². The molecule has 0 bridgehead atoms. The number of hydrogen-bond acceptors (Lipinski definition) is 2. The quantitative estimate of drug-likeness (QED) is 0.918. The largest absolute Gasteiger partial charge is 0.342 e. The van der Waals surface area contributed by atoms with Crippen LogP contribution in [0.25, 0.3) is 0 Å². The van der Waals surface area contributed by atoms with Gasteiger partial charge < -0.3 is 10.2 Å². The van der Waals surface area contributed by atoms with Crippen LogP contribution in [-0.2, 0) is 16.0 Å².